The molecule has 0 atom stereocenters. The molecule has 1 aliphatic rings. The number of benzene rings is 1. The second kappa shape index (κ2) is 13.2. The van der Waals surface area contributed by atoms with Crippen LogP contribution in [0.2, 0.25) is 0 Å². The average Bonchev–Trinajstić information content (AvgIpc) is 2.80. The quantitative estimate of drug-likeness (QED) is 0.730. The summed E-state index contributed by atoms with van der Waals surface area (Å²) in [5.41, 5.74) is 0. The van der Waals surface area contributed by atoms with Crippen LogP contribution in [0.25, 0.3) is 0 Å². The Bertz CT molecular complexity index is 276. The number of allylic oxidation sites excluding steroid dienone is 4. The number of aromatic hydroxyl groups is 1. The predicted octanol–water partition coefficient (Wildman–Crippen LogP) is 3.00. The van der Waals surface area contributed by atoms with Crippen LogP contribution >= 0.6 is 12.4 Å². The summed E-state index contributed by atoms with van der Waals surface area (Å²) in [7, 11) is 0. The molecule has 0 amide bonds. The van der Waals surface area contributed by atoms with E-state index < -0.39 is 0 Å². The first-order valence-electron chi connectivity index (χ1n) is 4.03. The molecule has 1 N–H and O–H groups in total. The van der Waals surface area contributed by atoms with Crippen LogP contribution in [0.15, 0.2) is 48.6 Å². The molecule has 0 radical (unpaired) electrons. The summed E-state index contributed by atoms with van der Waals surface area (Å²) >= 11 is 1.06. The Labute approximate surface area is 105 Å². The normalized spacial score (nSPS) is 10.1. The molecule has 2 nitrogen and oxygen atoms in total. The summed E-state index contributed by atoms with van der Waals surface area (Å²) in [5.74, 6) is 0.322. The van der Waals surface area contributed by atoms with E-state index in [1.807, 2.05) is 18.2 Å². The van der Waals surface area contributed by atoms with Gasteiger partial charge in [0, 0.05) is 0 Å². The average molecular weight is 263 g/mol. The van der Waals surface area contributed by atoms with Crippen molar-refractivity contribution in [2.24, 2.45) is 0 Å². The van der Waals surface area contributed by atoms with Gasteiger partial charge in [-0.25, -0.2) is 12.2 Å². The number of rotatable bonds is 0. The van der Waals surface area contributed by atoms with Crippen molar-refractivity contribution < 1.29 is 26.1 Å². The number of hydrogen-bond donors (Lipinski definition) is 1. The fourth-order valence-electron chi connectivity index (χ4n) is 0.768. The zero-order chi connectivity index (χ0) is 10.6. The third kappa shape index (κ3) is 11.1. The van der Waals surface area contributed by atoms with Gasteiger partial charge in [-0.2, -0.15) is 6.08 Å². The first-order chi connectivity index (χ1) is 6.89. The number of para-hydroxylation sites is 1. The minimum absolute atomic E-state index is 0. The maximum atomic E-state index is 8.63. The van der Waals surface area contributed by atoms with Gasteiger partial charge in [-0.15, -0.1) is 18.8 Å². The third-order valence-electron chi connectivity index (χ3n) is 1.34. The van der Waals surface area contributed by atoms with E-state index in [0.29, 0.717) is 5.75 Å². The zero-order valence-corrected chi connectivity index (χ0v) is 10.3. The van der Waals surface area contributed by atoms with Crippen LogP contribution in [-0.4, -0.2) is 5.11 Å². The summed E-state index contributed by atoms with van der Waals surface area (Å²) in [5, 5.41) is 8.63. The van der Waals surface area contributed by atoms with E-state index in [0.717, 1.165) is 23.8 Å². The van der Waals surface area contributed by atoms with Crippen LogP contribution in [0, 0.1) is 6.08 Å². The molecular weight excluding hydrogens is 251 g/mol. The van der Waals surface area contributed by atoms with Crippen molar-refractivity contribution in [3.63, 3.8) is 0 Å². The van der Waals surface area contributed by atoms with E-state index in [1.165, 1.54) is 0 Å². The van der Waals surface area contributed by atoms with Crippen LogP contribution in [0.3, 0.4) is 0 Å². The molecule has 1 aromatic rings. The Morgan fingerprint density at radius 1 is 1.20 bits per heavy atom. The Hall–Kier alpha value is -0.826. The van der Waals surface area contributed by atoms with Crippen molar-refractivity contribution in [3.8, 4) is 5.75 Å². The molecule has 0 saturated carbocycles. The summed E-state index contributed by atoms with van der Waals surface area (Å²) in [6.07, 6.45) is 10.0. The van der Waals surface area contributed by atoms with E-state index in [4.69, 9.17) is 8.78 Å². The van der Waals surface area contributed by atoms with Crippen molar-refractivity contribution in [1.82, 2.24) is 0 Å². The van der Waals surface area contributed by atoms with E-state index >= 15 is 0 Å². The molecule has 2 rings (SSSR count). The van der Waals surface area contributed by atoms with Crippen molar-refractivity contribution in [2.75, 3.05) is 0 Å². The SMILES string of the molecule is Cl.Oc1ccccc1.[C-]1=CC=CC1.[O]=[V]. The van der Waals surface area contributed by atoms with Crippen molar-refractivity contribution >= 4 is 12.4 Å². The predicted molar refractivity (Wildman–Crippen MR) is 57.6 cm³/mol. The fourth-order valence-corrected chi connectivity index (χ4v) is 0.768. The molecule has 0 spiro atoms. The fraction of sp³-hybridized carbons (Fsp3) is 0.0909. The molecule has 0 unspecified atom stereocenters. The second-order valence-corrected chi connectivity index (χ2v) is 2.34. The van der Waals surface area contributed by atoms with Gasteiger partial charge < -0.3 is 5.11 Å². The molecule has 1 aliphatic carbocycles. The number of halogens is 1. The molecule has 0 bridgehead atoms. The summed E-state index contributed by atoms with van der Waals surface area (Å²) in [4.78, 5) is 0. The van der Waals surface area contributed by atoms with Crippen LogP contribution in [0.1, 0.15) is 6.42 Å². The molecule has 81 valence electrons. The molecule has 0 aliphatic heterocycles. The van der Waals surface area contributed by atoms with E-state index in [2.05, 4.69) is 12.2 Å². The van der Waals surface area contributed by atoms with Gasteiger partial charge in [0.05, 0.1) is 0 Å². The van der Waals surface area contributed by atoms with Crippen LogP contribution in [0.4, 0.5) is 0 Å². The van der Waals surface area contributed by atoms with Gasteiger partial charge >= 0.3 is 21.0 Å². The minimum atomic E-state index is 0. The Morgan fingerprint density at radius 3 is 2.00 bits per heavy atom. The number of phenols is 1. The van der Waals surface area contributed by atoms with Gasteiger partial charge in [0.2, 0.25) is 0 Å². The maximum absolute atomic E-state index is 8.63. The summed E-state index contributed by atoms with van der Waals surface area (Å²) in [6, 6.07) is 8.71. The summed E-state index contributed by atoms with van der Waals surface area (Å²) < 4.78 is 8.19. The second-order valence-electron chi connectivity index (χ2n) is 2.34. The standard InChI is InChI=1S/C6H6O.C5H5.ClH.O.V/c7-6-4-2-1-3-5-6;1-2-4-5-3-1;;;/h1-5,7H;1-3H,4H2;1H;;/q;-1;;;. The molecule has 0 aromatic heterocycles. The molecule has 1 aromatic carbocycles. The van der Waals surface area contributed by atoms with E-state index in [1.54, 1.807) is 24.3 Å². The van der Waals surface area contributed by atoms with E-state index in [-0.39, 0.29) is 12.4 Å². The van der Waals surface area contributed by atoms with Crippen molar-refractivity contribution in [1.29, 1.82) is 0 Å². The van der Waals surface area contributed by atoms with Gasteiger partial charge in [-0.3, -0.25) is 6.08 Å². The first-order valence-corrected chi connectivity index (χ1v) is 4.60. The number of phenolic OH excluding ortho intramolecular Hbond substituents is 1. The Balaban J connectivity index is 0. The van der Waals surface area contributed by atoms with Gasteiger partial charge in [0.15, 0.2) is 0 Å². The van der Waals surface area contributed by atoms with Crippen molar-refractivity contribution in [3.05, 3.63) is 54.6 Å². The molecule has 4 heteroatoms. The van der Waals surface area contributed by atoms with Gasteiger partial charge in [-0.1, -0.05) is 18.2 Å². The molecular formula is C11H12ClO2V-. The van der Waals surface area contributed by atoms with Crippen LogP contribution in [-0.2, 0) is 21.0 Å². The third-order valence-corrected chi connectivity index (χ3v) is 1.34. The first kappa shape index (κ1) is 16.6. The molecule has 15 heavy (non-hydrogen) atoms. The van der Waals surface area contributed by atoms with Crippen LogP contribution < -0.4 is 0 Å². The number of hydrogen-bond acceptors (Lipinski definition) is 2. The molecule has 0 fully saturated rings. The summed E-state index contributed by atoms with van der Waals surface area (Å²) in [6.45, 7) is 0. The molecule has 0 saturated heterocycles. The monoisotopic (exact) mass is 262 g/mol. The van der Waals surface area contributed by atoms with E-state index in [9.17, 15) is 0 Å². The van der Waals surface area contributed by atoms with Gasteiger partial charge in [0.25, 0.3) is 0 Å². The van der Waals surface area contributed by atoms with Crippen molar-refractivity contribution in [2.45, 2.75) is 6.42 Å². The topological polar surface area (TPSA) is 37.3 Å². The van der Waals surface area contributed by atoms with Crippen LogP contribution in [0.5, 0.6) is 5.75 Å². The van der Waals surface area contributed by atoms with Gasteiger partial charge in [-0.05, 0) is 12.1 Å². The zero-order valence-electron chi connectivity index (χ0n) is 8.04. The Kier molecular flexibility index (Phi) is 14.6. The molecule has 0 heterocycles. The Morgan fingerprint density at radius 2 is 1.80 bits per heavy atom. The van der Waals surface area contributed by atoms with Gasteiger partial charge in [0.1, 0.15) is 5.75 Å².